The number of H-pyrrole nitrogens is 1. The van der Waals surface area contributed by atoms with Gasteiger partial charge in [-0.05, 0) is 19.2 Å². The number of para-hydroxylation sites is 2. The Bertz CT molecular complexity index is 1170. The molecule has 1 fully saturated rings. The summed E-state index contributed by atoms with van der Waals surface area (Å²) in [6, 6.07) is 18.1. The van der Waals surface area contributed by atoms with Crippen LogP contribution in [-0.2, 0) is 6.42 Å². The lowest BCUT2D eigenvalue weighted by Crippen LogP contribution is -2.45. The highest BCUT2D eigenvalue weighted by Crippen LogP contribution is 2.18. The number of likely N-dealkylation sites (N-methyl/N-ethyl adjacent to an activating group) is 1. The average Bonchev–Trinajstić information content (AvgIpc) is 3.29. The number of nitrogens with one attached hydrogen (secondary N) is 3. The van der Waals surface area contributed by atoms with Crippen LogP contribution in [0.4, 0.5) is 11.9 Å². The number of benzene rings is 2. The molecule has 0 spiro atoms. The molecule has 0 unspecified atom stereocenters. The van der Waals surface area contributed by atoms with Gasteiger partial charge in [-0.15, -0.1) is 0 Å². The van der Waals surface area contributed by atoms with E-state index in [-0.39, 0.29) is 0 Å². The van der Waals surface area contributed by atoms with Gasteiger partial charge < -0.3 is 20.5 Å². The van der Waals surface area contributed by atoms with Crippen molar-refractivity contribution in [2.45, 2.75) is 6.42 Å². The van der Waals surface area contributed by atoms with Crippen molar-refractivity contribution in [1.82, 2.24) is 34.7 Å². The molecule has 1 aliphatic heterocycles. The van der Waals surface area contributed by atoms with Crippen molar-refractivity contribution in [3.8, 4) is 11.4 Å². The fourth-order valence-corrected chi connectivity index (χ4v) is 4.06. The van der Waals surface area contributed by atoms with Gasteiger partial charge in [-0.3, -0.25) is 4.90 Å². The topological polar surface area (TPSA) is 97.9 Å². The molecule has 176 valence electrons. The third-order valence-corrected chi connectivity index (χ3v) is 6.06. The quantitative estimate of drug-likeness (QED) is 0.353. The number of hydrogen-bond acceptors (Lipinski definition) is 8. The summed E-state index contributed by atoms with van der Waals surface area (Å²) in [5, 5.41) is 6.76. The Labute approximate surface area is 199 Å². The van der Waals surface area contributed by atoms with E-state index >= 15 is 0 Å². The minimum Gasteiger partial charge on any atom is -0.354 e. The largest absolute Gasteiger partial charge is 0.354 e. The average molecular weight is 458 g/mol. The van der Waals surface area contributed by atoms with Crippen LogP contribution >= 0.6 is 0 Å². The third-order valence-electron chi connectivity index (χ3n) is 6.06. The van der Waals surface area contributed by atoms with Crippen LogP contribution in [0.2, 0.25) is 0 Å². The highest BCUT2D eigenvalue weighted by molar-refractivity contribution is 5.74. The lowest BCUT2D eigenvalue weighted by atomic mass is 10.2. The lowest BCUT2D eigenvalue weighted by molar-refractivity contribution is 0.158. The number of imidazole rings is 1. The van der Waals surface area contributed by atoms with Crippen molar-refractivity contribution in [3.63, 3.8) is 0 Å². The molecule has 0 atom stereocenters. The molecule has 0 aliphatic carbocycles. The molecule has 34 heavy (non-hydrogen) atoms. The van der Waals surface area contributed by atoms with Gasteiger partial charge >= 0.3 is 0 Å². The van der Waals surface area contributed by atoms with E-state index in [1.54, 1.807) is 0 Å². The van der Waals surface area contributed by atoms with Gasteiger partial charge in [0, 0.05) is 57.8 Å². The maximum atomic E-state index is 4.67. The number of nitrogens with zero attached hydrogens (tertiary/aromatic N) is 6. The van der Waals surface area contributed by atoms with E-state index in [1.807, 2.05) is 54.6 Å². The third kappa shape index (κ3) is 5.67. The van der Waals surface area contributed by atoms with E-state index in [9.17, 15) is 0 Å². The van der Waals surface area contributed by atoms with E-state index in [1.165, 1.54) is 0 Å². The maximum absolute atomic E-state index is 4.67. The number of aromatic amines is 1. The van der Waals surface area contributed by atoms with Gasteiger partial charge in [0.25, 0.3) is 0 Å². The van der Waals surface area contributed by atoms with Gasteiger partial charge in [-0.1, -0.05) is 42.5 Å². The molecule has 3 heterocycles. The number of anilines is 2. The van der Waals surface area contributed by atoms with Gasteiger partial charge in [0.15, 0.2) is 5.82 Å². The van der Waals surface area contributed by atoms with Crippen LogP contribution in [0.15, 0.2) is 54.6 Å². The van der Waals surface area contributed by atoms with E-state index in [0.29, 0.717) is 24.3 Å². The zero-order valence-corrected chi connectivity index (χ0v) is 19.5. The van der Waals surface area contributed by atoms with Crippen LogP contribution < -0.4 is 10.6 Å². The second kappa shape index (κ2) is 10.6. The normalized spacial score (nSPS) is 15.0. The first-order valence-corrected chi connectivity index (χ1v) is 11.9. The van der Waals surface area contributed by atoms with Gasteiger partial charge in [0.1, 0.15) is 5.82 Å². The van der Waals surface area contributed by atoms with Crippen LogP contribution in [-0.4, -0.2) is 87.6 Å². The Balaban J connectivity index is 1.24. The fourth-order valence-electron chi connectivity index (χ4n) is 4.06. The van der Waals surface area contributed by atoms with Crippen LogP contribution in [0, 0.1) is 0 Å². The molecule has 4 aromatic rings. The summed E-state index contributed by atoms with van der Waals surface area (Å²) in [7, 11) is 2.17. The molecule has 1 saturated heterocycles. The van der Waals surface area contributed by atoms with E-state index in [0.717, 1.165) is 68.1 Å². The molecule has 0 saturated carbocycles. The molecule has 9 heteroatoms. The minimum absolute atomic E-state index is 0.562. The summed E-state index contributed by atoms with van der Waals surface area (Å²) < 4.78 is 0. The Morgan fingerprint density at radius 2 is 1.50 bits per heavy atom. The first kappa shape index (κ1) is 22.2. The summed E-state index contributed by atoms with van der Waals surface area (Å²) in [6.07, 6.45) is 0.743. The maximum Gasteiger partial charge on any atom is 0.228 e. The van der Waals surface area contributed by atoms with Gasteiger partial charge in [-0.2, -0.15) is 15.0 Å². The van der Waals surface area contributed by atoms with Crippen LogP contribution in [0.25, 0.3) is 22.4 Å². The number of hydrogen-bond donors (Lipinski definition) is 3. The highest BCUT2D eigenvalue weighted by atomic mass is 15.3. The number of fused-ring (bicyclic) bond motifs is 1. The SMILES string of the molecule is CN1CCN(CCNc2nc(NCCc3nc4ccccc4[nH]3)nc(-c3ccccc3)n2)CC1. The van der Waals surface area contributed by atoms with Crippen molar-refractivity contribution in [2.24, 2.45) is 0 Å². The smallest absolute Gasteiger partial charge is 0.228 e. The Morgan fingerprint density at radius 1 is 0.794 bits per heavy atom. The molecule has 2 aromatic heterocycles. The Morgan fingerprint density at radius 3 is 2.26 bits per heavy atom. The van der Waals surface area contributed by atoms with E-state index < -0.39 is 0 Å². The van der Waals surface area contributed by atoms with Crippen molar-refractivity contribution in [1.29, 1.82) is 0 Å². The number of rotatable bonds is 9. The molecule has 2 aromatic carbocycles. The van der Waals surface area contributed by atoms with Gasteiger partial charge in [-0.25, -0.2) is 4.98 Å². The van der Waals surface area contributed by atoms with Crippen molar-refractivity contribution in [3.05, 3.63) is 60.4 Å². The number of piperazine rings is 1. The van der Waals surface area contributed by atoms with Crippen molar-refractivity contribution >= 4 is 22.9 Å². The van der Waals surface area contributed by atoms with E-state index in [4.69, 9.17) is 0 Å². The summed E-state index contributed by atoms with van der Waals surface area (Å²) in [6.45, 7) is 6.85. The summed E-state index contributed by atoms with van der Waals surface area (Å²) in [5.74, 6) is 2.75. The van der Waals surface area contributed by atoms with E-state index in [2.05, 4.69) is 52.4 Å². The molecule has 0 radical (unpaired) electrons. The predicted octanol–water partition coefficient (Wildman–Crippen LogP) is 2.73. The Kier molecular flexibility index (Phi) is 6.92. The van der Waals surface area contributed by atoms with Crippen LogP contribution in [0.3, 0.4) is 0 Å². The molecular weight excluding hydrogens is 426 g/mol. The standard InChI is InChI=1S/C25H31N9/c1-33-15-17-34(18-16-33)14-13-27-25-31-23(19-7-3-2-4-8-19)30-24(32-25)26-12-11-22-28-20-9-5-6-10-21(20)29-22/h2-10H,11-18H2,1H3,(H,28,29)(H2,26,27,30,31,32). The molecule has 3 N–H and O–H groups in total. The summed E-state index contributed by atoms with van der Waals surface area (Å²) in [5.41, 5.74) is 3.00. The second-order valence-electron chi connectivity index (χ2n) is 8.62. The molecule has 9 nitrogen and oxygen atoms in total. The van der Waals surface area contributed by atoms with Gasteiger partial charge in [0.2, 0.25) is 11.9 Å². The zero-order chi connectivity index (χ0) is 23.2. The fraction of sp³-hybridized carbons (Fsp3) is 0.360. The van der Waals surface area contributed by atoms with Crippen LogP contribution in [0.5, 0.6) is 0 Å². The molecule has 5 rings (SSSR count). The molecular formula is C25H31N9. The van der Waals surface area contributed by atoms with Crippen molar-refractivity contribution in [2.75, 3.05) is 63.5 Å². The summed E-state index contributed by atoms with van der Waals surface area (Å²) >= 11 is 0. The molecule has 1 aliphatic rings. The zero-order valence-electron chi connectivity index (χ0n) is 19.5. The predicted molar refractivity (Wildman–Crippen MR) is 136 cm³/mol. The molecule has 0 bridgehead atoms. The van der Waals surface area contributed by atoms with Gasteiger partial charge in [0.05, 0.1) is 11.0 Å². The first-order chi connectivity index (χ1) is 16.7. The van der Waals surface area contributed by atoms with Crippen molar-refractivity contribution < 1.29 is 0 Å². The lowest BCUT2D eigenvalue weighted by Gasteiger charge is -2.32. The monoisotopic (exact) mass is 457 g/mol. The highest BCUT2D eigenvalue weighted by Gasteiger charge is 2.14. The first-order valence-electron chi connectivity index (χ1n) is 11.9. The minimum atomic E-state index is 0.562. The second-order valence-corrected chi connectivity index (χ2v) is 8.62. The summed E-state index contributed by atoms with van der Waals surface area (Å²) in [4.78, 5) is 26.8. The number of aromatic nitrogens is 5. The van der Waals surface area contributed by atoms with Crippen LogP contribution in [0.1, 0.15) is 5.82 Å². The Hall–Kier alpha value is -3.56. The molecule has 0 amide bonds.